The van der Waals surface area contributed by atoms with Crippen molar-refractivity contribution in [3.8, 4) is 0 Å². The van der Waals surface area contributed by atoms with E-state index in [-0.39, 0.29) is 0 Å². The average molecular weight is 186 g/mol. The highest BCUT2D eigenvalue weighted by Gasteiger charge is 1.98. The molecular weight excluding hydrogens is 170 g/mol. The molecule has 1 nitrogen and oxygen atoms in total. The minimum Gasteiger partial charge on any atom is -0.339 e. The highest BCUT2D eigenvalue weighted by Crippen LogP contribution is 2.15. The van der Waals surface area contributed by atoms with E-state index in [0.717, 1.165) is 6.54 Å². The largest absolute Gasteiger partial charge is 0.339 e. The number of para-hydroxylation sites is 1. The smallest absolute Gasteiger partial charge is 0.0659 e. The summed E-state index contributed by atoms with van der Waals surface area (Å²) in [4.78, 5) is 0. The molecule has 1 heterocycles. The molecule has 0 unspecified atom stereocenters. The fourth-order valence-electron chi connectivity index (χ4n) is 1.78. The molecule has 1 radical (unpaired) electrons. The van der Waals surface area contributed by atoms with E-state index < -0.39 is 0 Å². The van der Waals surface area contributed by atoms with Crippen molar-refractivity contribution >= 4 is 10.9 Å². The van der Waals surface area contributed by atoms with Crippen molar-refractivity contribution < 1.29 is 0 Å². The van der Waals surface area contributed by atoms with Crippen molar-refractivity contribution in [1.82, 2.24) is 4.57 Å². The van der Waals surface area contributed by atoms with Gasteiger partial charge in [0.1, 0.15) is 0 Å². The summed E-state index contributed by atoms with van der Waals surface area (Å²) in [6.45, 7) is 3.33. The lowest BCUT2D eigenvalue weighted by atomic mass is 10.2. The van der Waals surface area contributed by atoms with Gasteiger partial charge in [0.05, 0.1) is 6.20 Å². The molecule has 0 aliphatic heterocycles. The van der Waals surface area contributed by atoms with Crippen LogP contribution in [0, 0.1) is 6.20 Å². The minimum absolute atomic E-state index is 1.10. The van der Waals surface area contributed by atoms with Crippen molar-refractivity contribution in [1.29, 1.82) is 0 Å². The lowest BCUT2D eigenvalue weighted by molar-refractivity contribution is 0.614. The van der Waals surface area contributed by atoms with Crippen LogP contribution >= 0.6 is 0 Å². The van der Waals surface area contributed by atoms with Gasteiger partial charge in [0.25, 0.3) is 0 Å². The monoisotopic (exact) mass is 186 g/mol. The zero-order valence-electron chi connectivity index (χ0n) is 8.66. The van der Waals surface area contributed by atoms with Crippen LogP contribution in [0.1, 0.15) is 26.2 Å². The number of hydrogen-bond acceptors (Lipinski definition) is 0. The van der Waals surface area contributed by atoms with E-state index in [2.05, 4.69) is 48.0 Å². The van der Waals surface area contributed by atoms with Gasteiger partial charge in [0, 0.05) is 17.4 Å². The quantitative estimate of drug-likeness (QED) is 0.642. The summed E-state index contributed by atoms with van der Waals surface area (Å²) < 4.78 is 2.23. The third-order valence-electron chi connectivity index (χ3n) is 2.59. The Balaban J connectivity index is 2.17. The summed E-state index contributed by atoms with van der Waals surface area (Å²) >= 11 is 0. The third-order valence-corrected chi connectivity index (χ3v) is 2.59. The molecule has 1 aromatic heterocycles. The molecule has 0 bridgehead atoms. The molecule has 2 aromatic rings. The van der Waals surface area contributed by atoms with Gasteiger partial charge in [-0.2, -0.15) is 0 Å². The topological polar surface area (TPSA) is 4.93 Å². The van der Waals surface area contributed by atoms with E-state index in [1.54, 1.807) is 0 Å². The number of fused-ring (bicyclic) bond motifs is 1. The second kappa shape index (κ2) is 4.32. The molecule has 73 valence electrons. The molecule has 14 heavy (non-hydrogen) atoms. The van der Waals surface area contributed by atoms with Crippen molar-refractivity contribution in [2.75, 3.05) is 0 Å². The molecule has 2 rings (SSSR count). The summed E-state index contributed by atoms with van der Waals surface area (Å²) in [6.07, 6.45) is 7.13. The first-order chi connectivity index (χ1) is 6.92. The van der Waals surface area contributed by atoms with Crippen LogP contribution in [-0.4, -0.2) is 4.57 Å². The van der Waals surface area contributed by atoms with Crippen LogP contribution in [0.25, 0.3) is 10.9 Å². The lowest BCUT2D eigenvalue weighted by Gasteiger charge is -2.03. The van der Waals surface area contributed by atoms with E-state index in [0.29, 0.717) is 0 Å². The van der Waals surface area contributed by atoms with Crippen LogP contribution in [-0.2, 0) is 6.54 Å². The number of unbranched alkanes of at least 4 members (excludes halogenated alkanes) is 2. The number of rotatable bonds is 4. The van der Waals surface area contributed by atoms with Crippen LogP contribution in [0.15, 0.2) is 30.3 Å². The van der Waals surface area contributed by atoms with E-state index in [9.17, 15) is 0 Å². The molecule has 1 heteroatoms. The maximum absolute atomic E-state index is 3.29. The maximum Gasteiger partial charge on any atom is 0.0659 e. The number of benzene rings is 1. The highest BCUT2D eigenvalue weighted by molar-refractivity contribution is 5.79. The van der Waals surface area contributed by atoms with Gasteiger partial charge in [0.2, 0.25) is 0 Å². The molecule has 0 aliphatic carbocycles. The second-order valence-electron chi connectivity index (χ2n) is 3.69. The van der Waals surface area contributed by atoms with Gasteiger partial charge in [-0.25, -0.2) is 0 Å². The summed E-state index contributed by atoms with van der Waals surface area (Å²) in [5.74, 6) is 0. The fraction of sp³-hybridized carbons (Fsp3) is 0.385. The number of aryl methyl sites for hydroxylation is 1. The predicted octanol–water partition coefficient (Wildman–Crippen LogP) is 3.63. The third kappa shape index (κ3) is 1.82. The Kier molecular flexibility index (Phi) is 2.87. The van der Waals surface area contributed by atoms with E-state index >= 15 is 0 Å². The highest BCUT2D eigenvalue weighted by atomic mass is 14.9. The van der Waals surface area contributed by atoms with Crippen LogP contribution in [0.2, 0.25) is 0 Å². The van der Waals surface area contributed by atoms with Crippen LogP contribution in [0.3, 0.4) is 0 Å². The normalized spacial score (nSPS) is 10.9. The van der Waals surface area contributed by atoms with Gasteiger partial charge >= 0.3 is 0 Å². The molecule has 0 N–H and O–H groups in total. The molecule has 0 saturated heterocycles. The first kappa shape index (κ1) is 9.32. The molecule has 0 aliphatic rings. The average Bonchev–Trinajstić information content (AvgIpc) is 2.63. The van der Waals surface area contributed by atoms with Crippen molar-refractivity contribution in [2.24, 2.45) is 0 Å². The SMILES string of the molecule is CCCCCn1[c]cc2ccccc21. The summed E-state index contributed by atoms with van der Waals surface area (Å²) in [5, 5.41) is 1.30. The first-order valence-electron chi connectivity index (χ1n) is 5.38. The Morgan fingerprint density at radius 1 is 1.21 bits per heavy atom. The van der Waals surface area contributed by atoms with Gasteiger partial charge in [-0.15, -0.1) is 0 Å². The Morgan fingerprint density at radius 3 is 2.93 bits per heavy atom. The number of hydrogen-bond donors (Lipinski definition) is 0. The number of aromatic nitrogens is 1. The van der Waals surface area contributed by atoms with Crippen molar-refractivity contribution in [3.05, 3.63) is 36.5 Å². The minimum atomic E-state index is 1.10. The van der Waals surface area contributed by atoms with Gasteiger partial charge in [0.15, 0.2) is 0 Å². The standard InChI is InChI=1S/C13H16N/c1-2-3-6-10-14-11-9-12-7-4-5-8-13(12)14/h4-5,7-9H,2-3,6,10H2,1H3. The molecule has 0 amide bonds. The van der Waals surface area contributed by atoms with E-state index in [4.69, 9.17) is 0 Å². The second-order valence-corrected chi connectivity index (χ2v) is 3.69. The van der Waals surface area contributed by atoms with Gasteiger partial charge < -0.3 is 4.57 Å². The fourth-order valence-corrected chi connectivity index (χ4v) is 1.78. The van der Waals surface area contributed by atoms with Crippen LogP contribution < -0.4 is 0 Å². The van der Waals surface area contributed by atoms with E-state index in [1.807, 2.05) is 0 Å². The molecule has 0 saturated carbocycles. The van der Waals surface area contributed by atoms with Crippen LogP contribution in [0.5, 0.6) is 0 Å². The zero-order valence-corrected chi connectivity index (χ0v) is 8.66. The van der Waals surface area contributed by atoms with Crippen molar-refractivity contribution in [2.45, 2.75) is 32.7 Å². The van der Waals surface area contributed by atoms with Gasteiger partial charge in [-0.05, 0) is 18.6 Å². The predicted molar refractivity (Wildman–Crippen MR) is 60.3 cm³/mol. The maximum atomic E-state index is 3.29. The van der Waals surface area contributed by atoms with Crippen molar-refractivity contribution in [3.63, 3.8) is 0 Å². The Morgan fingerprint density at radius 2 is 2.07 bits per heavy atom. The Labute approximate surface area is 85.4 Å². The molecule has 1 aromatic carbocycles. The van der Waals surface area contributed by atoms with Gasteiger partial charge in [-0.1, -0.05) is 38.0 Å². The van der Waals surface area contributed by atoms with E-state index in [1.165, 1.54) is 30.2 Å². The molecule has 0 atom stereocenters. The lowest BCUT2D eigenvalue weighted by Crippen LogP contribution is -1.95. The number of nitrogens with zero attached hydrogens (tertiary/aromatic N) is 1. The van der Waals surface area contributed by atoms with Crippen LogP contribution in [0.4, 0.5) is 0 Å². The first-order valence-corrected chi connectivity index (χ1v) is 5.38. The molecular formula is C13H16N. The summed E-state index contributed by atoms with van der Waals surface area (Å²) in [5.41, 5.74) is 1.31. The Hall–Kier alpha value is -1.24. The zero-order chi connectivity index (χ0) is 9.80. The molecule has 0 spiro atoms. The summed E-state index contributed by atoms with van der Waals surface area (Å²) in [7, 11) is 0. The Bertz CT molecular complexity index is 400. The summed E-state index contributed by atoms with van der Waals surface area (Å²) in [6, 6.07) is 10.5. The molecule has 0 fully saturated rings. The van der Waals surface area contributed by atoms with Gasteiger partial charge in [-0.3, -0.25) is 0 Å².